The minimum Gasteiger partial charge on any atom is -0.496 e. The third-order valence-electron chi connectivity index (χ3n) is 2.75. The Bertz CT molecular complexity index is 339. The zero-order chi connectivity index (χ0) is 11.4. The first-order chi connectivity index (χ1) is 7.11. The van der Waals surface area contributed by atoms with E-state index in [-0.39, 0.29) is 0 Å². The lowest BCUT2D eigenvalue weighted by atomic mass is 9.93. The van der Waals surface area contributed by atoms with Gasteiger partial charge in [0.05, 0.1) is 7.11 Å². The molecular weight excluding hydrogens is 184 g/mol. The number of rotatable bonds is 4. The van der Waals surface area contributed by atoms with Gasteiger partial charge < -0.3 is 4.74 Å². The molecule has 1 rings (SSSR count). The first kappa shape index (κ1) is 11.8. The summed E-state index contributed by atoms with van der Waals surface area (Å²) in [7, 11) is 1.74. The second-order valence-electron chi connectivity index (χ2n) is 4.15. The van der Waals surface area contributed by atoms with E-state index in [1.165, 1.54) is 11.1 Å². The summed E-state index contributed by atoms with van der Waals surface area (Å²) >= 11 is 0. The fourth-order valence-electron chi connectivity index (χ4n) is 1.75. The molecule has 82 valence electrons. The molecule has 1 aromatic carbocycles. The van der Waals surface area contributed by atoms with E-state index in [9.17, 15) is 0 Å². The van der Waals surface area contributed by atoms with Crippen molar-refractivity contribution in [1.82, 2.24) is 0 Å². The van der Waals surface area contributed by atoms with E-state index in [0.717, 1.165) is 5.75 Å². The Labute approximate surface area is 92.8 Å². The summed E-state index contributed by atoms with van der Waals surface area (Å²) < 4.78 is 5.51. The van der Waals surface area contributed by atoms with Crippen LogP contribution in [0.2, 0.25) is 0 Å². The molecule has 0 radical (unpaired) electrons. The lowest BCUT2D eigenvalue weighted by Gasteiger charge is -2.18. The maximum absolute atomic E-state index is 5.51. The third-order valence-corrected chi connectivity index (χ3v) is 2.75. The molecule has 0 aliphatic carbocycles. The molecule has 0 N–H and O–H groups in total. The van der Waals surface area contributed by atoms with Gasteiger partial charge in [-0.3, -0.25) is 0 Å². The maximum atomic E-state index is 5.51. The van der Waals surface area contributed by atoms with Crippen molar-refractivity contribution in [3.63, 3.8) is 0 Å². The Morgan fingerprint density at radius 2 is 1.80 bits per heavy atom. The topological polar surface area (TPSA) is 9.23 Å². The third kappa shape index (κ3) is 2.41. The monoisotopic (exact) mass is 204 g/mol. The molecule has 0 heterocycles. The SMILES string of the molecule is C=CC(C)c1cccc(C(C)C)c1OC. The molecule has 0 bridgehead atoms. The molecule has 0 amide bonds. The van der Waals surface area contributed by atoms with Gasteiger partial charge in [0.25, 0.3) is 0 Å². The Kier molecular flexibility index (Phi) is 3.96. The molecule has 1 atom stereocenters. The summed E-state index contributed by atoms with van der Waals surface area (Å²) in [6.07, 6.45) is 1.95. The van der Waals surface area contributed by atoms with Crippen LogP contribution in [0.3, 0.4) is 0 Å². The van der Waals surface area contributed by atoms with Gasteiger partial charge in [0.15, 0.2) is 0 Å². The predicted octanol–water partition coefficient (Wildman–Crippen LogP) is 4.11. The van der Waals surface area contributed by atoms with Crippen LogP contribution < -0.4 is 4.74 Å². The van der Waals surface area contributed by atoms with Gasteiger partial charge in [0.2, 0.25) is 0 Å². The van der Waals surface area contributed by atoms with Crippen LogP contribution in [-0.2, 0) is 0 Å². The van der Waals surface area contributed by atoms with Crippen molar-refractivity contribution in [2.75, 3.05) is 7.11 Å². The molecule has 0 aliphatic rings. The van der Waals surface area contributed by atoms with E-state index < -0.39 is 0 Å². The standard InChI is InChI=1S/C14H20O/c1-6-11(4)13-9-7-8-12(10(2)3)14(13)15-5/h6-11H,1H2,2-5H3. The molecule has 15 heavy (non-hydrogen) atoms. The molecule has 0 spiro atoms. The van der Waals surface area contributed by atoms with Crippen molar-refractivity contribution in [3.8, 4) is 5.75 Å². The van der Waals surface area contributed by atoms with Crippen LogP contribution >= 0.6 is 0 Å². The highest BCUT2D eigenvalue weighted by Crippen LogP contribution is 2.34. The first-order valence-electron chi connectivity index (χ1n) is 5.41. The summed E-state index contributed by atoms with van der Waals surface area (Å²) in [4.78, 5) is 0. The molecule has 0 aromatic heterocycles. The van der Waals surface area contributed by atoms with Gasteiger partial charge in [-0.1, -0.05) is 45.0 Å². The van der Waals surface area contributed by atoms with E-state index in [1.807, 2.05) is 6.08 Å². The predicted molar refractivity (Wildman–Crippen MR) is 65.7 cm³/mol. The Morgan fingerprint density at radius 1 is 1.20 bits per heavy atom. The first-order valence-corrected chi connectivity index (χ1v) is 5.41. The molecule has 0 saturated heterocycles. The second kappa shape index (κ2) is 5.01. The number of hydrogen-bond donors (Lipinski definition) is 0. The lowest BCUT2D eigenvalue weighted by molar-refractivity contribution is 0.401. The zero-order valence-electron chi connectivity index (χ0n) is 10.1. The average Bonchev–Trinajstić information content (AvgIpc) is 2.26. The van der Waals surface area contributed by atoms with Gasteiger partial charge >= 0.3 is 0 Å². The minimum atomic E-state index is 0.332. The Morgan fingerprint density at radius 3 is 2.27 bits per heavy atom. The highest BCUT2D eigenvalue weighted by molar-refractivity contribution is 5.46. The van der Waals surface area contributed by atoms with Crippen LogP contribution in [0.5, 0.6) is 5.75 Å². The van der Waals surface area contributed by atoms with Crippen LogP contribution in [0.15, 0.2) is 30.9 Å². The number of allylic oxidation sites excluding steroid dienone is 1. The van der Waals surface area contributed by atoms with Crippen molar-refractivity contribution >= 4 is 0 Å². The van der Waals surface area contributed by atoms with E-state index >= 15 is 0 Å². The Hall–Kier alpha value is -1.24. The molecule has 0 aliphatic heterocycles. The molecule has 0 fully saturated rings. The zero-order valence-corrected chi connectivity index (χ0v) is 10.1. The van der Waals surface area contributed by atoms with Gasteiger partial charge in [-0.15, -0.1) is 6.58 Å². The van der Waals surface area contributed by atoms with Crippen molar-refractivity contribution < 1.29 is 4.74 Å². The smallest absolute Gasteiger partial charge is 0.126 e. The summed E-state index contributed by atoms with van der Waals surface area (Å²) in [6.45, 7) is 10.3. The molecule has 1 aromatic rings. The molecule has 0 saturated carbocycles. The van der Waals surface area contributed by atoms with E-state index in [4.69, 9.17) is 4.74 Å². The van der Waals surface area contributed by atoms with Crippen LogP contribution in [0, 0.1) is 0 Å². The number of benzene rings is 1. The van der Waals surface area contributed by atoms with E-state index in [2.05, 4.69) is 45.5 Å². The highest BCUT2D eigenvalue weighted by Gasteiger charge is 2.14. The average molecular weight is 204 g/mol. The quantitative estimate of drug-likeness (QED) is 0.671. The van der Waals surface area contributed by atoms with E-state index in [0.29, 0.717) is 11.8 Å². The summed E-state index contributed by atoms with van der Waals surface area (Å²) in [5.41, 5.74) is 2.49. The van der Waals surface area contributed by atoms with Crippen LogP contribution in [0.4, 0.5) is 0 Å². The van der Waals surface area contributed by atoms with Crippen LogP contribution in [0.1, 0.15) is 43.7 Å². The largest absolute Gasteiger partial charge is 0.496 e. The van der Waals surface area contributed by atoms with E-state index in [1.54, 1.807) is 7.11 Å². The maximum Gasteiger partial charge on any atom is 0.126 e. The summed E-state index contributed by atoms with van der Waals surface area (Å²) in [5, 5.41) is 0. The fraction of sp³-hybridized carbons (Fsp3) is 0.429. The van der Waals surface area contributed by atoms with Crippen LogP contribution in [-0.4, -0.2) is 7.11 Å². The minimum absolute atomic E-state index is 0.332. The summed E-state index contributed by atoms with van der Waals surface area (Å²) in [5.74, 6) is 1.83. The number of hydrogen-bond acceptors (Lipinski definition) is 1. The summed E-state index contributed by atoms with van der Waals surface area (Å²) in [6, 6.07) is 6.33. The normalized spacial score (nSPS) is 12.6. The molecular formula is C14H20O. The van der Waals surface area contributed by atoms with Crippen LogP contribution in [0.25, 0.3) is 0 Å². The highest BCUT2D eigenvalue weighted by atomic mass is 16.5. The number of para-hydroxylation sites is 1. The molecule has 1 unspecified atom stereocenters. The number of ether oxygens (including phenoxy) is 1. The Balaban J connectivity index is 3.27. The molecule has 1 heteroatoms. The van der Waals surface area contributed by atoms with Gasteiger partial charge in [-0.25, -0.2) is 0 Å². The van der Waals surface area contributed by atoms with Gasteiger partial charge in [-0.05, 0) is 11.5 Å². The van der Waals surface area contributed by atoms with Crippen molar-refractivity contribution in [2.24, 2.45) is 0 Å². The van der Waals surface area contributed by atoms with Crippen molar-refractivity contribution in [1.29, 1.82) is 0 Å². The van der Waals surface area contributed by atoms with Crippen molar-refractivity contribution in [2.45, 2.75) is 32.6 Å². The lowest BCUT2D eigenvalue weighted by Crippen LogP contribution is -2.00. The molecule has 1 nitrogen and oxygen atoms in total. The number of methoxy groups -OCH3 is 1. The van der Waals surface area contributed by atoms with Gasteiger partial charge in [0, 0.05) is 11.5 Å². The van der Waals surface area contributed by atoms with Gasteiger partial charge in [-0.2, -0.15) is 0 Å². The van der Waals surface area contributed by atoms with Gasteiger partial charge in [0.1, 0.15) is 5.75 Å². The van der Waals surface area contributed by atoms with Crippen molar-refractivity contribution in [3.05, 3.63) is 42.0 Å². The fourth-order valence-corrected chi connectivity index (χ4v) is 1.75. The second-order valence-corrected chi connectivity index (χ2v) is 4.15.